The molecule has 1 heterocycles. The van der Waals surface area contributed by atoms with Crippen LogP contribution in [0.1, 0.15) is 44.4 Å². The molecule has 2 nitrogen and oxygen atoms in total. The van der Waals surface area contributed by atoms with Crippen LogP contribution in [0.2, 0.25) is 0 Å². The van der Waals surface area contributed by atoms with Gasteiger partial charge in [-0.15, -0.1) is 11.3 Å². The summed E-state index contributed by atoms with van der Waals surface area (Å²) in [5, 5.41) is 6.79. The molecule has 1 N–H and O–H groups in total. The number of hydrogen-bond acceptors (Lipinski definition) is 3. The highest BCUT2D eigenvalue weighted by molar-refractivity contribution is 7.09. The van der Waals surface area contributed by atoms with Gasteiger partial charge in [-0.25, -0.2) is 4.98 Å². The number of nitrogens with zero attached hydrogens (tertiary/aromatic N) is 1. The van der Waals surface area contributed by atoms with E-state index in [0.717, 1.165) is 12.2 Å². The zero-order valence-corrected chi connectivity index (χ0v) is 10.5. The predicted octanol–water partition coefficient (Wildman–Crippen LogP) is 3.15. The van der Waals surface area contributed by atoms with Gasteiger partial charge in [0.1, 0.15) is 5.01 Å². The van der Waals surface area contributed by atoms with Gasteiger partial charge in [-0.05, 0) is 19.3 Å². The van der Waals surface area contributed by atoms with Crippen molar-refractivity contribution in [2.75, 3.05) is 6.54 Å². The predicted molar refractivity (Wildman–Crippen MR) is 62.7 cm³/mol. The van der Waals surface area contributed by atoms with E-state index in [-0.39, 0.29) is 0 Å². The molecule has 80 valence electrons. The summed E-state index contributed by atoms with van der Waals surface area (Å²) in [4.78, 5) is 4.47. The number of hydrogen-bond donors (Lipinski definition) is 1. The minimum absolute atomic E-state index is 0.334. The van der Waals surface area contributed by atoms with Gasteiger partial charge in [-0.2, -0.15) is 0 Å². The fourth-order valence-electron chi connectivity index (χ4n) is 1.12. The molecule has 14 heavy (non-hydrogen) atoms. The fourth-order valence-corrected chi connectivity index (χ4v) is 1.95. The summed E-state index contributed by atoms with van der Waals surface area (Å²) < 4.78 is 0. The van der Waals surface area contributed by atoms with Crippen LogP contribution in [-0.4, -0.2) is 11.5 Å². The van der Waals surface area contributed by atoms with Crippen molar-refractivity contribution in [1.82, 2.24) is 10.3 Å². The summed E-state index contributed by atoms with van der Waals surface area (Å²) in [7, 11) is 0. The van der Waals surface area contributed by atoms with Crippen LogP contribution < -0.4 is 5.32 Å². The Labute approximate surface area is 90.8 Å². The van der Waals surface area contributed by atoms with Crippen LogP contribution in [0.4, 0.5) is 0 Å². The number of nitrogens with one attached hydrogen (secondary N) is 1. The summed E-state index contributed by atoms with van der Waals surface area (Å²) >= 11 is 1.73. The minimum atomic E-state index is 0.334. The van der Waals surface area contributed by atoms with Gasteiger partial charge in [0.25, 0.3) is 0 Å². The van der Waals surface area contributed by atoms with E-state index in [4.69, 9.17) is 0 Å². The lowest BCUT2D eigenvalue weighted by Crippen LogP contribution is -2.29. The van der Waals surface area contributed by atoms with E-state index in [1.54, 1.807) is 11.3 Å². The Kier molecular flexibility index (Phi) is 3.67. The maximum atomic E-state index is 4.47. The first-order valence-electron chi connectivity index (χ1n) is 5.04. The Balaban J connectivity index is 2.47. The topological polar surface area (TPSA) is 24.9 Å². The summed E-state index contributed by atoms with van der Waals surface area (Å²) in [6.45, 7) is 11.9. The third-order valence-corrected chi connectivity index (χ3v) is 3.09. The number of rotatable bonds is 3. The van der Waals surface area contributed by atoms with Crippen molar-refractivity contribution in [3.63, 3.8) is 0 Å². The van der Waals surface area contributed by atoms with E-state index >= 15 is 0 Å². The molecule has 0 aromatic carbocycles. The summed E-state index contributed by atoms with van der Waals surface area (Å²) in [5.74, 6) is 0. The first kappa shape index (κ1) is 11.7. The number of aromatic nitrogens is 1. The minimum Gasteiger partial charge on any atom is -0.308 e. The van der Waals surface area contributed by atoms with E-state index in [0.29, 0.717) is 11.5 Å². The zero-order chi connectivity index (χ0) is 10.8. The molecule has 0 aliphatic heterocycles. The van der Waals surface area contributed by atoms with Gasteiger partial charge >= 0.3 is 0 Å². The Hall–Kier alpha value is -0.410. The van der Waals surface area contributed by atoms with Crippen LogP contribution in [0, 0.1) is 12.3 Å². The fraction of sp³-hybridized carbons (Fsp3) is 0.727. The molecule has 0 aliphatic rings. The van der Waals surface area contributed by atoms with Crippen LogP contribution >= 0.6 is 11.3 Å². The zero-order valence-electron chi connectivity index (χ0n) is 9.72. The van der Waals surface area contributed by atoms with Crippen LogP contribution in [0.3, 0.4) is 0 Å². The molecule has 0 aliphatic carbocycles. The molecule has 3 heteroatoms. The van der Waals surface area contributed by atoms with Crippen molar-refractivity contribution in [3.05, 3.63) is 16.1 Å². The molecule has 1 unspecified atom stereocenters. The molecule has 0 saturated carbocycles. The van der Waals surface area contributed by atoms with E-state index < -0.39 is 0 Å². The molecule has 0 fully saturated rings. The molecule has 0 spiro atoms. The monoisotopic (exact) mass is 212 g/mol. The van der Waals surface area contributed by atoms with Gasteiger partial charge in [0.05, 0.1) is 6.04 Å². The quantitative estimate of drug-likeness (QED) is 0.832. The van der Waals surface area contributed by atoms with Crippen molar-refractivity contribution < 1.29 is 0 Å². The smallest absolute Gasteiger partial charge is 0.110 e. The van der Waals surface area contributed by atoms with Crippen LogP contribution in [0.15, 0.2) is 5.38 Å². The van der Waals surface area contributed by atoms with Crippen LogP contribution in [0.25, 0.3) is 0 Å². The van der Waals surface area contributed by atoms with Crippen LogP contribution in [-0.2, 0) is 0 Å². The highest BCUT2D eigenvalue weighted by atomic mass is 32.1. The Morgan fingerprint density at radius 2 is 2.14 bits per heavy atom. The molecule has 1 atom stereocenters. The van der Waals surface area contributed by atoms with Crippen molar-refractivity contribution in [3.8, 4) is 0 Å². The van der Waals surface area contributed by atoms with Crippen molar-refractivity contribution in [2.24, 2.45) is 5.41 Å². The molecule has 1 aromatic heterocycles. The van der Waals surface area contributed by atoms with Gasteiger partial charge in [-0.1, -0.05) is 20.8 Å². The second-order valence-corrected chi connectivity index (χ2v) is 5.88. The molecule has 0 saturated heterocycles. The van der Waals surface area contributed by atoms with Crippen molar-refractivity contribution in [2.45, 2.75) is 40.7 Å². The first-order valence-corrected chi connectivity index (χ1v) is 5.92. The summed E-state index contributed by atoms with van der Waals surface area (Å²) in [5.41, 5.74) is 1.45. The van der Waals surface area contributed by atoms with Gasteiger partial charge in [0.2, 0.25) is 0 Å². The molecule has 0 bridgehead atoms. The summed E-state index contributed by atoms with van der Waals surface area (Å²) in [6.07, 6.45) is 0. The highest BCUT2D eigenvalue weighted by Gasteiger charge is 2.14. The number of aryl methyl sites for hydroxylation is 1. The Morgan fingerprint density at radius 3 is 2.57 bits per heavy atom. The first-order chi connectivity index (χ1) is 6.38. The van der Waals surface area contributed by atoms with Crippen molar-refractivity contribution in [1.29, 1.82) is 0 Å². The van der Waals surface area contributed by atoms with E-state index in [1.807, 2.05) is 6.92 Å². The molecule has 0 radical (unpaired) electrons. The molecule has 0 amide bonds. The third-order valence-electron chi connectivity index (χ3n) is 1.95. The average molecular weight is 212 g/mol. The third kappa shape index (κ3) is 3.76. The molecular formula is C11H20N2S. The van der Waals surface area contributed by atoms with Gasteiger partial charge in [0, 0.05) is 17.6 Å². The number of thiazole rings is 1. The lowest BCUT2D eigenvalue weighted by molar-refractivity contribution is 0.359. The van der Waals surface area contributed by atoms with Gasteiger partial charge in [0.15, 0.2) is 0 Å². The Bertz CT molecular complexity index is 286. The van der Waals surface area contributed by atoms with Crippen molar-refractivity contribution >= 4 is 11.3 Å². The maximum absolute atomic E-state index is 4.47. The second-order valence-electron chi connectivity index (χ2n) is 4.99. The van der Waals surface area contributed by atoms with Gasteiger partial charge < -0.3 is 5.32 Å². The summed E-state index contributed by atoms with van der Waals surface area (Å²) in [6, 6.07) is 0.368. The van der Waals surface area contributed by atoms with Gasteiger partial charge in [-0.3, -0.25) is 0 Å². The lowest BCUT2D eigenvalue weighted by atomic mass is 9.97. The highest BCUT2D eigenvalue weighted by Crippen LogP contribution is 2.19. The standard InChI is InChI=1S/C11H20N2S/c1-8-6-14-10(13-8)9(2)12-7-11(3,4)5/h6,9,12H,7H2,1-5H3. The average Bonchev–Trinajstić information content (AvgIpc) is 2.46. The molecule has 1 rings (SSSR count). The maximum Gasteiger partial charge on any atom is 0.110 e. The van der Waals surface area contributed by atoms with E-state index in [9.17, 15) is 0 Å². The van der Waals surface area contributed by atoms with E-state index in [2.05, 4.69) is 43.4 Å². The molecule has 1 aromatic rings. The normalized spacial score (nSPS) is 14.4. The largest absolute Gasteiger partial charge is 0.308 e. The lowest BCUT2D eigenvalue weighted by Gasteiger charge is -2.21. The SMILES string of the molecule is Cc1csc(C(C)NCC(C)(C)C)n1. The van der Waals surface area contributed by atoms with Crippen LogP contribution in [0.5, 0.6) is 0 Å². The molecular weight excluding hydrogens is 192 g/mol. The second kappa shape index (κ2) is 4.41. The van der Waals surface area contributed by atoms with E-state index in [1.165, 1.54) is 5.01 Å². The Morgan fingerprint density at radius 1 is 1.50 bits per heavy atom.